The summed E-state index contributed by atoms with van der Waals surface area (Å²) in [4.78, 5) is 25.4. The molecule has 0 aliphatic heterocycles. The van der Waals surface area contributed by atoms with Gasteiger partial charge < -0.3 is 14.2 Å². The van der Waals surface area contributed by atoms with E-state index in [0.717, 1.165) is 32.1 Å². The van der Waals surface area contributed by atoms with Crippen LogP contribution < -0.4 is 0 Å². The first-order valence-corrected chi connectivity index (χ1v) is 27.6. The summed E-state index contributed by atoms with van der Waals surface area (Å²) in [6.45, 7) is 7.91. The molecule has 60 heavy (non-hydrogen) atoms. The van der Waals surface area contributed by atoms with Crippen molar-refractivity contribution in [2.45, 2.75) is 322 Å². The summed E-state index contributed by atoms with van der Waals surface area (Å²) in [6, 6.07) is 0. The number of carbonyl (C=O) groups excluding carboxylic acids is 2. The molecule has 0 spiro atoms. The quantitative estimate of drug-likeness (QED) is 0.0451. The van der Waals surface area contributed by atoms with Crippen molar-refractivity contribution in [3.63, 3.8) is 0 Å². The van der Waals surface area contributed by atoms with Crippen molar-refractivity contribution in [3.8, 4) is 0 Å². The molecule has 0 fully saturated rings. The van der Waals surface area contributed by atoms with Crippen LogP contribution in [0.1, 0.15) is 316 Å². The van der Waals surface area contributed by atoms with Crippen molar-refractivity contribution < 1.29 is 23.8 Å². The predicted octanol–water partition coefficient (Wildman–Crippen LogP) is 18.5. The minimum atomic E-state index is -0.522. The Bertz CT molecular complexity index is 830. The molecule has 0 amide bonds. The van der Waals surface area contributed by atoms with Crippen LogP contribution >= 0.6 is 0 Å². The van der Waals surface area contributed by atoms with Crippen LogP contribution in [0, 0.1) is 0 Å². The van der Waals surface area contributed by atoms with Crippen molar-refractivity contribution in [1.82, 2.24) is 0 Å². The van der Waals surface area contributed by atoms with Gasteiger partial charge in [-0.25, -0.2) is 0 Å². The fourth-order valence-corrected chi connectivity index (χ4v) is 8.51. The Hall–Kier alpha value is -1.10. The van der Waals surface area contributed by atoms with Gasteiger partial charge in [0.1, 0.15) is 6.61 Å². The topological polar surface area (TPSA) is 61.8 Å². The molecule has 0 aliphatic rings. The Morgan fingerprint density at radius 1 is 0.300 bits per heavy atom. The van der Waals surface area contributed by atoms with Crippen molar-refractivity contribution in [3.05, 3.63) is 0 Å². The first kappa shape index (κ1) is 58.9. The van der Waals surface area contributed by atoms with Gasteiger partial charge in [0.05, 0.1) is 6.61 Å². The largest absolute Gasteiger partial charge is 0.462 e. The summed E-state index contributed by atoms with van der Waals surface area (Å²) in [6.07, 6.45) is 58.3. The van der Waals surface area contributed by atoms with Crippen LogP contribution in [0.15, 0.2) is 0 Å². The van der Waals surface area contributed by atoms with E-state index >= 15 is 0 Å². The maximum absolute atomic E-state index is 12.8. The lowest BCUT2D eigenvalue weighted by Crippen LogP contribution is -2.30. The van der Waals surface area contributed by atoms with Crippen LogP contribution in [-0.2, 0) is 23.8 Å². The van der Waals surface area contributed by atoms with Crippen LogP contribution in [0.25, 0.3) is 0 Å². The Labute approximate surface area is 376 Å². The smallest absolute Gasteiger partial charge is 0.306 e. The van der Waals surface area contributed by atoms with Gasteiger partial charge in [0.2, 0.25) is 0 Å². The average molecular weight is 849 g/mol. The van der Waals surface area contributed by atoms with Gasteiger partial charge >= 0.3 is 11.9 Å². The molecular weight excluding hydrogens is 741 g/mol. The molecule has 0 rings (SSSR count). The number of esters is 2. The standard InChI is InChI=1S/C55H108O5/c1-4-7-10-13-16-19-22-24-26-27-28-30-32-35-38-41-44-47-50-58-51-53(60-55(57)49-46-43-40-37-33-21-18-15-12-9-6-3)52-59-54(56)48-45-42-39-36-34-31-29-25-23-20-17-14-11-8-5-2/h53H,4-52H2,1-3H3. The fraction of sp³-hybridized carbons (Fsp3) is 0.964. The molecule has 1 atom stereocenters. The van der Waals surface area contributed by atoms with Crippen molar-refractivity contribution in [2.24, 2.45) is 0 Å². The summed E-state index contributed by atoms with van der Waals surface area (Å²) in [5, 5.41) is 0. The average Bonchev–Trinajstić information content (AvgIpc) is 3.25. The Kier molecular flexibility index (Phi) is 51.3. The van der Waals surface area contributed by atoms with Gasteiger partial charge in [-0.05, 0) is 19.3 Å². The van der Waals surface area contributed by atoms with E-state index in [9.17, 15) is 9.59 Å². The highest BCUT2D eigenvalue weighted by Crippen LogP contribution is 2.17. The zero-order valence-electron chi connectivity index (χ0n) is 41.3. The van der Waals surface area contributed by atoms with E-state index in [-0.39, 0.29) is 18.5 Å². The van der Waals surface area contributed by atoms with Gasteiger partial charge in [-0.1, -0.05) is 284 Å². The number of rotatable bonds is 52. The minimum absolute atomic E-state index is 0.0979. The molecule has 0 bridgehead atoms. The molecule has 5 heteroatoms. The second-order valence-electron chi connectivity index (χ2n) is 18.9. The van der Waals surface area contributed by atoms with Crippen molar-refractivity contribution in [1.29, 1.82) is 0 Å². The van der Waals surface area contributed by atoms with Gasteiger partial charge in [-0.15, -0.1) is 0 Å². The Morgan fingerprint density at radius 3 is 0.850 bits per heavy atom. The van der Waals surface area contributed by atoms with E-state index < -0.39 is 6.10 Å². The zero-order valence-corrected chi connectivity index (χ0v) is 41.3. The first-order chi connectivity index (χ1) is 29.6. The van der Waals surface area contributed by atoms with Crippen LogP contribution in [0.3, 0.4) is 0 Å². The van der Waals surface area contributed by atoms with Crippen LogP contribution in [-0.4, -0.2) is 37.9 Å². The lowest BCUT2D eigenvalue weighted by atomic mass is 10.0. The second-order valence-corrected chi connectivity index (χ2v) is 18.9. The second kappa shape index (κ2) is 52.2. The SMILES string of the molecule is CCCCCCCCCCCCCCCCCCCCOCC(COC(=O)CCCCCCCCCCCCCCCCC)OC(=O)CCCCCCCCCCCCC. The molecule has 0 N–H and O–H groups in total. The lowest BCUT2D eigenvalue weighted by molar-refractivity contribution is -0.163. The molecule has 0 aliphatic carbocycles. The number of hydrogen-bond acceptors (Lipinski definition) is 5. The van der Waals surface area contributed by atoms with Gasteiger partial charge in [-0.3, -0.25) is 9.59 Å². The summed E-state index contributed by atoms with van der Waals surface area (Å²) < 4.78 is 17.4. The predicted molar refractivity (Wildman–Crippen MR) is 261 cm³/mol. The highest BCUT2D eigenvalue weighted by molar-refractivity contribution is 5.70. The van der Waals surface area contributed by atoms with E-state index in [0.29, 0.717) is 26.1 Å². The molecule has 0 aromatic rings. The molecular formula is C55H108O5. The molecule has 0 aromatic carbocycles. The molecule has 358 valence electrons. The monoisotopic (exact) mass is 849 g/mol. The Morgan fingerprint density at radius 2 is 0.550 bits per heavy atom. The molecule has 5 nitrogen and oxygen atoms in total. The number of hydrogen-bond donors (Lipinski definition) is 0. The minimum Gasteiger partial charge on any atom is -0.462 e. The maximum atomic E-state index is 12.8. The van der Waals surface area contributed by atoms with Crippen molar-refractivity contribution in [2.75, 3.05) is 19.8 Å². The van der Waals surface area contributed by atoms with E-state index in [1.54, 1.807) is 0 Å². The number of carbonyl (C=O) groups is 2. The molecule has 0 radical (unpaired) electrons. The van der Waals surface area contributed by atoms with E-state index in [2.05, 4.69) is 20.8 Å². The Balaban J connectivity index is 4.13. The third-order valence-corrected chi connectivity index (χ3v) is 12.6. The molecule has 0 aromatic heterocycles. The van der Waals surface area contributed by atoms with Crippen LogP contribution in [0.5, 0.6) is 0 Å². The van der Waals surface area contributed by atoms with Gasteiger partial charge in [-0.2, -0.15) is 0 Å². The normalized spacial score (nSPS) is 12.0. The highest BCUT2D eigenvalue weighted by Gasteiger charge is 2.17. The summed E-state index contributed by atoms with van der Waals surface area (Å²) >= 11 is 0. The van der Waals surface area contributed by atoms with E-state index in [1.807, 2.05) is 0 Å². The molecule has 0 saturated carbocycles. The fourth-order valence-electron chi connectivity index (χ4n) is 8.51. The van der Waals surface area contributed by atoms with Gasteiger partial charge in [0.25, 0.3) is 0 Å². The van der Waals surface area contributed by atoms with Gasteiger partial charge in [0, 0.05) is 19.4 Å². The summed E-state index contributed by atoms with van der Waals surface area (Å²) in [7, 11) is 0. The van der Waals surface area contributed by atoms with E-state index in [1.165, 1.54) is 250 Å². The number of ether oxygens (including phenoxy) is 3. The van der Waals surface area contributed by atoms with Crippen LogP contribution in [0.2, 0.25) is 0 Å². The first-order valence-electron chi connectivity index (χ1n) is 27.6. The lowest BCUT2D eigenvalue weighted by Gasteiger charge is -2.18. The molecule has 1 unspecified atom stereocenters. The van der Waals surface area contributed by atoms with Crippen LogP contribution in [0.4, 0.5) is 0 Å². The molecule has 0 heterocycles. The third-order valence-electron chi connectivity index (χ3n) is 12.6. The van der Waals surface area contributed by atoms with Gasteiger partial charge in [0.15, 0.2) is 6.10 Å². The zero-order chi connectivity index (χ0) is 43.5. The summed E-state index contributed by atoms with van der Waals surface area (Å²) in [5.74, 6) is -0.370. The summed E-state index contributed by atoms with van der Waals surface area (Å²) in [5.41, 5.74) is 0. The highest BCUT2D eigenvalue weighted by atomic mass is 16.6. The number of unbranched alkanes of at least 4 members (excludes halogenated alkanes) is 41. The maximum Gasteiger partial charge on any atom is 0.306 e. The van der Waals surface area contributed by atoms with E-state index in [4.69, 9.17) is 14.2 Å². The third kappa shape index (κ3) is 49.6. The van der Waals surface area contributed by atoms with Crippen molar-refractivity contribution >= 4 is 11.9 Å². The molecule has 0 saturated heterocycles.